The molecule has 10 nitrogen and oxygen atoms in total. The van der Waals surface area contributed by atoms with Gasteiger partial charge in [-0.05, 0) is 52.1 Å². The first-order valence-corrected chi connectivity index (χ1v) is 17.5. The first kappa shape index (κ1) is 36.1. The zero-order valence-corrected chi connectivity index (χ0v) is 29.4. The quantitative estimate of drug-likeness (QED) is 0.101. The number of alkyl halides is 3. The minimum atomic E-state index is -2.04. The summed E-state index contributed by atoms with van der Waals surface area (Å²) in [5.41, 5.74) is 6.54. The average molecular weight is 740 g/mol. The number of amides is 1. The van der Waals surface area contributed by atoms with E-state index in [-0.39, 0.29) is 36.0 Å². The molecular formula is C37H37Cl3N4O6. The van der Waals surface area contributed by atoms with E-state index < -0.39 is 16.0 Å². The number of piperazine rings is 1. The molecule has 0 aliphatic carbocycles. The highest BCUT2D eigenvalue weighted by Gasteiger charge is 2.34. The van der Waals surface area contributed by atoms with E-state index in [9.17, 15) is 20.0 Å². The Morgan fingerprint density at radius 1 is 0.860 bits per heavy atom. The van der Waals surface area contributed by atoms with E-state index in [0.29, 0.717) is 6.42 Å². The minimum absolute atomic E-state index is 0.0285. The predicted molar refractivity (Wildman–Crippen MR) is 194 cm³/mol. The van der Waals surface area contributed by atoms with Gasteiger partial charge in [0.05, 0.1) is 23.7 Å². The van der Waals surface area contributed by atoms with Crippen LogP contribution in [0.5, 0.6) is 0 Å². The molecule has 0 saturated carbocycles. The van der Waals surface area contributed by atoms with Crippen LogP contribution in [0.25, 0.3) is 11.1 Å². The number of non-ortho nitro benzene ring substituents is 1. The second kappa shape index (κ2) is 16.1. The number of anilines is 1. The third-order valence-electron chi connectivity index (χ3n) is 9.00. The molecular weight excluding hydrogens is 703 g/mol. The van der Waals surface area contributed by atoms with Gasteiger partial charge in [0.1, 0.15) is 0 Å². The Hall–Kier alpha value is -3.74. The van der Waals surface area contributed by atoms with E-state index in [1.165, 1.54) is 0 Å². The summed E-state index contributed by atoms with van der Waals surface area (Å²) < 4.78 is 11.2. The van der Waals surface area contributed by atoms with Crippen molar-refractivity contribution in [2.24, 2.45) is 0 Å². The van der Waals surface area contributed by atoms with Crippen LogP contribution in [-0.2, 0) is 27.4 Å². The van der Waals surface area contributed by atoms with Gasteiger partial charge in [-0.15, -0.1) is 0 Å². The molecule has 4 aromatic carbocycles. The zero-order chi connectivity index (χ0) is 35.3. The molecule has 2 N–H and O–H groups in total. The molecule has 13 heteroatoms. The van der Waals surface area contributed by atoms with Crippen molar-refractivity contribution in [3.63, 3.8) is 0 Å². The lowest BCUT2D eigenvalue weighted by Gasteiger charge is -2.41. The summed E-state index contributed by atoms with van der Waals surface area (Å²) in [7, 11) is 0. The molecule has 0 radical (unpaired) electrons. The second-order valence-electron chi connectivity index (χ2n) is 12.4. The number of ether oxygens (including phenoxy) is 2. The van der Waals surface area contributed by atoms with Crippen LogP contribution >= 0.6 is 34.8 Å². The Bertz CT molecular complexity index is 1780. The number of aliphatic hydroxyl groups is 1. The second-order valence-corrected chi connectivity index (χ2v) is 14.7. The minimum Gasteiger partial charge on any atom is -0.392 e. The standard InChI is InChI=1S/C37H37Cl3N4O6/c38-37(39,40)36(46)41-22-26-3-1-4-28(19-26)29-5-2-6-30(20-29)35-49-33(21-34(50-35)27-9-7-25(24-45)8-10-27)23-42-15-17-43(18-16-42)31-11-13-32(14-12-31)44(47)48/h1-14,19-20,33-35,45H,15-18,21-24H2,(H,41,46)/t33-,34+,35+/m0/s1. The van der Waals surface area contributed by atoms with Gasteiger partial charge < -0.3 is 24.8 Å². The van der Waals surface area contributed by atoms with Crippen LogP contribution in [0.4, 0.5) is 11.4 Å². The highest BCUT2D eigenvalue weighted by Crippen LogP contribution is 2.39. The van der Waals surface area contributed by atoms with Gasteiger partial charge in [0.25, 0.3) is 15.4 Å². The molecule has 6 rings (SSSR count). The van der Waals surface area contributed by atoms with E-state index in [1.807, 2.05) is 66.7 Å². The molecule has 2 aliphatic rings. The third kappa shape index (κ3) is 9.13. The van der Waals surface area contributed by atoms with E-state index in [1.54, 1.807) is 24.3 Å². The summed E-state index contributed by atoms with van der Waals surface area (Å²) in [6.07, 6.45) is -0.291. The highest BCUT2D eigenvalue weighted by molar-refractivity contribution is 6.76. The van der Waals surface area contributed by atoms with Crippen molar-refractivity contribution in [2.75, 3.05) is 37.6 Å². The largest absolute Gasteiger partial charge is 0.392 e. The molecule has 0 spiro atoms. The third-order valence-corrected chi connectivity index (χ3v) is 9.52. The number of hydrogen-bond donors (Lipinski definition) is 2. The normalized spacial score (nSPS) is 20.0. The van der Waals surface area contributed by atoms with Crippen molar-refractivity contribution >= 4 is 52.1 Å². The number of nitrogens with zero attached hydrogens (tertiary/aromatic N) is 3. The zero-order valence-electron chi connectivity index (χ0n) is 27.1. The lowest BCUT2D eigenvalue weighted by Crippen LogP contribution is -2.49. The van der Waals surface area contributed by atoms with Crippen LogP contribution in [0.3, 0.4) is 0 Å². The Balaban J connectivity index is 1.16. The molecule has 2 fully saturated rings. The summed E-state index contributed by atoms with van der Waals surface area (Å²) in [5, 5.41) is 23.3. The highest BCUT2D eigenvalue weighted by atomic mass is 35.6. The number of nitrogens with one attached hydrogen (secondary N) is 1. The number of benzene rings is 4. The smallest absolute Gasteiger partial charge is 0.272 e. The molecule has 262 valence electrons. The topological polar surface area (TPSA) is 117 Å². The van der Waals surface area contributed by atoms with Crippen molar-refractivity contribution < 1.29 is 24.3 Å². The van der Waals surface area contributed by atoms with Crippen LogP contribution in [0.15, 0.2) is 97.1 Å². The fourth-order valence-electron chi connectivity index (χ4n) is 6.30. The molecule has 2 aliphatic heterocycles. The van der Waals surface area contributed by atoms with Gasteiger partial charge in [-0.25, -0.2) is 0 Å². The maximum Gasteiger partial charge on any atom is 0.272 e. The molecule has 0 unspecified atom stereocenters. The fourth-order valence-corrected chi connectivity index (χ4v) is 6.50. The Morgan fingerprint density at radius 3 is 2.20 bits per heavy atom. The molecule has 0 aromatic heterocycles. The van der Waals surface area contributed by atoms with Crippen molar-refractivity contribution in [3.8, 4) is 11.1 Å². The van der Waals surface area contributed by atoms with Crippen LogP contribution < -0.4 is 10.2 Å². The van der Waals surface area contributed by atoms with Crippen LogP contribution in [0.2, 0.25) is 0 Å². The van der Waals surface area contributed by atoms with Gasteiger partial charge in [0.15, 0.2) is 6.29 Å². The summed E-state index contributed by atoms with van der Waals surface area (Å²) in [6, 6.07) is 30.4. The van der Waals surface area contributed by atoms with Gasteiger partial charge in [-0.3, -0.25) is 19.8 Å². The Labute approximate surface area is 305 Å². The van der Waals surface area contributed by atoms with Crippen LogP contribution in [0.1, 0.15) is 41.1 Å². The molecule has 4 aromatic rings. The summed E-state index contributed by atoms with van der Waals surface area (Å²) in [5.74, 6) is -0.692. The molecule has 2 heterocycles. The van der Waals surface area contributed by atoms with Crippen molar-refractivity contribution in [3.05, 3.63) is 129 Å². The van der Waals surface area contributed by atoms with Crippen molar-refractivity contribution in [1.82, 2.24) is 10.2 Å². The van der Waals surface area contributed by atoms with Gasteiger partial charge in [-0.2, -0.15) is 0 Å². The summed E-state index contributed by atoms with van der Waals surface area (Å²) in [4.78, 5) is 27.4. The number of carbonyl (C=O) groups excluding carboxylic acids is 1. The maximum atomic E-state index is 12.1. The summed E-state index contributed by atoms with van der Waals surface area (Å²) in [6.45, 7) is 4.14. The first-order chi connectivity index (χ1) is 24.1. The van der Waals surface area contributed by atoms with Gasteiger partial charge >= 0.3 is 0 Å². The average Bonchev–Trinajstić information content (AvgIpc) is 3.14. The number of hydrogen-bond acceptors (Lipinski definition) is 8. The number of halogens is 3. The fraction of sp³-hybridized carbons (Fsp3) is 0.324. The molecule has 0 bridgehead atoms. The molecule has 1 amide bonds. The number of carbonyl (C=O) groups is 1. The maximum absolute atomic E-state index is 12.1. The van der Waals surface area contributed by atoms with E-state index in [0.717, 1.165) is 71.8 Å². The van der Waals surface area contributed by atoms with E-state index in [4.69, 9.17) is 44.3 Å². The molecule has 50 heavy (non-hydrogen) atoms. The monoisotopic (exact) mass is 738 g/mol. The SMILES string of the molecule is O=C(NCc1cccc(-c2cccc([C@@H]3O[C@H](CN4CCN(c5ccc([N+](=O)[O-])cc5)CC4)C[C@H](c4ccc(CO)cc4)O3)c2)c1)C(Cl)(Cl)Cl. The number of nitro benzene ring substituents is 1. The van der Waals surface area contributed by atoms with Gasteiger partial charge in [0, 0.05) is 69.1 Å². The van der Waals surface area contributed by atoms with E-state index >= 15 is 0 Å². The predicted octanol–water partition coefficient (Wildman–Crippen LogP) is 7.11. The molecule has 2 saturated heterocycles. The lowest BCUT2D eigenvalue weighted by molar-refractivity contribution is -0.384. The lowest BCUT2D eigenvalue weighted by atomic mass is 9.98. The van der Waals surface area contributed by atoms with Crippen LogP contribution in [0, 0.1) is 10.1 Å². The van der Waals surface area contributed by atoms with Gasteiger partial charge in [0.2, 0.25) is 0 Å². The van der Waals surface area contributed by atoms with Crippen LogP contribution in [-0.4, -0.2) is 63.5 Å². The van der Waals surface area contributed by atoms with E-state index in [2.05, 4.69) is 21.2 Å². The summed E-state index contributed by atoms with van der Waals surface area (Å²) >= 11 is 17.1. The van der Waals surface area contributed by atoms with Crippen molar-refractivity contribution in [1.29, 1.82) is 0 Å². The molecule has 3 atom stereocenters. The Kier molecular flexibility index (Phi) is 11.6. The van der Waals surface area contributed by atoms with Crippen molar-refractivity contribution in [2.45, 2.75) is 41.9 Å². The Morgan fingerprint density at radius 2 is 1.54 bits per heavy atom. The number of nitro groups is 1. The number of aliphatic hydroxyl groups excluding tert-OH is 1. The number of rotatable bonds is 10. The first-order valence-electron chi connectivity index (χ1n) is 16.3. The van der Waals surface area contributed by atoms with Gasteiger partial charge in [-0.1, -0.05) is 95.5 Å².